The Labute approximate surface area is 175 Å². The van der Waals surface area contributed by atoms with Gasteiger partial charge < -0.3 is 4.90 Å². The summed E-state index contributed by atoms with van der Waals surface area (Å²) in [6.45, 7) is 3.13. The highest BCUT2D eigenvalue weighted by Crippen LogP contribution is 2.29. The van der Waals surface area contributed by atoms with E-state index in [1.165, 1.54) is 12.1 Å². The van der Waals surface area contributed by atoms with E-state index in [0.29, 0.717) is 24.3 Å². The van der Waals surface area contributed by atoms with E-state index in [-0.39, 0.29) is 11.7 Å². The number of aromatic nitrogens is 2. The number of nitriles is 1. The van der Waals surface area contributed by atoms with Crippen LogP contribution in [0.4, 0.5) is 4.39 Å². The van der Waals surface area contributed by atoms with Gasteiger partial charge in [0.25, 0.3) is 5.91 Å². The molecule has 2 aromatic carbocycles. The van der Waals surface area contributed by atoms with Crippen LogP contribution in [0.2, 0.25) is 0 Å². The van der Waals surface area contributed by atoms with Gasteiger partial charge in [-0.3, -0.25) is 4.79 Å². The Morgan fingerprint density at radius 2 is 1.90 bits per heavy atom. The zero-order valence-electron chi connectivity index (χ0n) is 16.9. The lowest BCUT2D eigenvalue weighted by molar-refractivity contribution is 0.0735. The molecule has 0 spiro atoms. The first kappa shape index (κ1) is 19.8. The lowest BCUT2D eigenvalue weighted by Gasteiger charge is -2.22. The van der Waals surface area contributed by atoms with Crippen molar-refractivity contribution >= 4 is 5.91 Å². The van der Waals surface area contributed by atoms with Gasteiger partial charge >= 0.3 is 0 Å². The number of rotatable bonds is 6. The highest BCUT2D eigenvalue weighted by atomic mass is 19.1. The van der Waals surface area contributed by atoms with Crippen LogP contribution in [0.25, 0.3) is 5.69 Å². The molecule has 0 unspecified atom stereocenters. The van der Waals surface area contributed by atoms with Crippen molar-refractivity contribution in [3.8, 4) is 11.8 Å². The molecule has 1 aliphatic carbocycles. The predicted octanol–water partition coefficient (Wildman–Crippen LogP) is 4.42. The van der Waals surface area contributed by atoms with Crippen LogP contribution in [-0.2, 0) is 19.4 Å². The summed E-state index contributed by atoms with van der Waals surface area (Å²) in [4.78, 5) is 15.3. The van der Waals surface area contributed by atoms with Crippen molar-refractivity contribution in [3.05, 3.63) is 82.4 Å². The van der Waals surface area contributed by atoms with E-state index in [9.17, 15) is 9.18 Å². The van der Waals surface area contributed by atoms with E-state index in [0.717, 1.165) is 48.2 Å². The molecule has 0 saturated carbocycles. The van der Waals surface area contributed by atoms with Crippen LogP contribution in [-0.4, -0.2) is 27.1 Å². The summed E-state index contributed by atoms with van der Waals surface area (Å²) in [6, 6.07) is 15.6. The third-order valence-electron chi connectivity index (χ3n) is 5.44. The molecular formula is C24H23FN4O. The second-order valence-electron chi connectivity index (χ2n) is 7.55. The number of fused-ring (bicyclic) bond motifs is 1. The van der Waals surface area contributed by atoms with E-state index >= 15 is 0 Å². The number of carbonyl (C=O) groups excluding carboxylic acids is 1. The van der Waals surface area contributed by atoms with Gasteiger partial charge in [0.1, 0.15) is 5.82 Å². The molecular weight excluding hydrogens is 379 g/mol. The zero-order chi connectivity index (χ0) is 21.1. The Balaban J connectivity index is 1.65. The monoisotopic (exact) mass is 402 g/mol. The highest BCUT2D eigenvalue weighted by Gasteiger charge is 2.29. The minimum atomic E-state index is -0.296. The maximum absolute atomic E-state index is 13.5. The number of halogens is 1. The molecule has 0 atom stereocenters. The molecule has 152 valence electrons. The smallest absolute Gasteiger partial charge is 0.274 e. The van der Waals surface area contributed by atoms with Crippen LogP contribution in [0, 0.1) is 17.1 Å². The number of amides is 1. The minimum absolute atomic E-state index is 0.0831. The Bertz CT molecular complexity index is 1090. The Morgan fingerprint density at radius 1 is 1.17 bits per heavy atom. The Hall–Kier alpha value is -3.46. The van der Waals surface area contributed by atoms with Crippen molar-refractivity contribution in [1.82, 2.24) is 14.7 Å². The number of nitrogens with zero attached hydrogens (tertiary/aromatic N) is 4. The molecule has 5 nitrogen and oxygen atoms in total. The summed E-state index contributed by atoms with van der Waals surface area (Å²) in [5, 5.41) is 13.7. The van der Waals surface area contributed by atoms with Crippen molar-refractivity contribution in [3.63, 3.8) is 0 Å². The molecule has 1 heterocycles. The number of carbonyl (C=O) groups is 1. The van der Waals surface area contributed by atoms with Crippen molar-refractivity contribution < 1.29 is 9.18 Å². The second-order valence-corrected chi connectivity index (χ2v) is 7.55. The van der Waals surface area contributed by atoms with Crippen LogP contribution in [0.1, 0.15) is 52.6 Å². The molecule has 0 fully saturated rings. The maximum Gasteiger partial charge on any atom is 0.274 e. The topological polar surface area (TPSA) is 61.9 Å². The molecule has 0 radical (unpaired) electrons. The fourth-order valence-corrected chi connectivity index (χ4v) is 3.98. The van der Waals surface area contributed by atoms with Crippen LogP contribution < -0.4 is 0 Å². The van der Waals surface area contributed by atoms with E-state index in [1.54, 1.807) is 28.9 Å². The van der Waals surface area contributed by atoms with Gasteiger partial charge in [-0.05, 0) is 67.6 Å². The molecule has 0 bridgehead atoms. The maximum atomic E-state index is 13.5. The molecule has 3 aromatic rings. The molecule has 0 aliphatic heterocycles. The fraction of sp³-hybridized carbons (Fsp3) is 0.292. The van der Waals surface area contributed by atoms with Crippen LogP contribution in [0.5, 0.6) is 0 Å². The number of hydrogen-bond donors (Lipinski definition) is 0. The van der Waals surface area contributed by atoms with Gasteiger partial charge in [0, 0.05) is 24.3 Å². The average Bonchev–Trinajstić information content (AvgIpc) is 3.37. The Kier molecular flexibility index (Phi) is 5.62. The summed E-state index contributed by atoms with van der Waals surface area (Å²) in [5.74, 6) is -0.379. The molecule has 30 heavy (non-hydrogen) atoms. The zero-order valence-corrected chi connectivity index (χ0v) is 16.9. The Morgan fingerprint density at radius 3 is 2.57 bits per heavy atom. The predicted molar refractivity (Wildman–Crippen MR) is 112 cm³/mol. The third-order valence-corrected chi connectivity index (χ3v) is 5.44. The van der Waals surface area contributed by atoms with Crippen LogP contribution in [0.3, 0.4) is 0 Å². The van der Waals surface area contributed by atoms with Crippen LogP contribution in [0.15, 0.2) is 48.5 Å². The summed E-state index contributed by atoms with van der Waals surface area (Å²) >= 11 is 0. The summed E-state index contributed by atoms with van der Waals surface area (Å²) < 4.78 is 15.1. The normalized spacial score (nSPS) is 12.4. The number of benzene rings is 2. The summed E-state index contributed by atoms with van der Waals surface area (Å²) in [6.07, 6.45) is 3.51. The first-order chi connectivity index (χ1) is 14.6. The van der Waals surface area contributed by atoms with E-state index in [2.05, 4.69) is 11.2 Å². The lowest BCUT2D eigenvalue weighted by Crippen LogP contribution is -2.32. The van der Waals surface area contributed by atoms with Crippen molar-refractivity contribution in [2.75, 3.05) is 6.54 Å². The molecule has 6 heteroatoms. The quantitative estimate of drug-likeness (QED) is 0.613. The van der Waals surface area contributed by atoms with Gasteiger partial charge in [0.2, 0.25) is 0 Å². The van der Waals surface area contributed by atoms with Gasteiger partial charge in [0.15, 0.2) is 5.69 Å². The summed E-state index contributed by atoms with van der Waals surface area (Å²) in [7, 11) is 0. The SMILES string of the molecule is CCCN(Cc1ccc(C#N)cc1)C(=O)c1nn(-c2ccc(F)cc2)c2c1CCC2. The van der Waals surface area contributed by atoms with Crippen molar-refractivity contribution in [1.29, 1.82) is 5.26 Å². The van der Waals surface area contributed by atoms with Gasteiger partial charge in [-0.15, -0.1) is 0 Å². The van der Waals surface area contributed by atoms with Crippen LogP contribution >= 0.6 is 0 Å². The van der Waals surface area contributed by atoms with E-state index in [1.807, 2.05) is 24.0 Å². The number of hydrogen-bond acceptors (Lipinski definition) is 3. The molecule has 1 aliphatic rings. The average molecular weight is 402 g/mol. The molecule has 1 amide bonds. The molecule has 0 N–H and O–H groups in total. The van der Waals surface area contributed by atoms with Gasteiger partial charge in [-0.25, -0.2) is 9.07 Å². The minimum Gasteiger partial charge on any atom is -0.333 e. The van der Waals surface area contributed by atoms with E-state index in [4.69, 9.17) is 5.26 Å². The highest BCUT2D eigenvalue weighted by molar-refractivity contribution is 5.94. The molecule has 0 saturated heterocycles. The van der Waals surface area contributed by atoms with Crippen molar-refractivity contribution in [2.45, 2.75) is 39.2 Å². The molecule has 4 rings (SSSR count). The first-order valence-electron chi connectivity index (χ1n) is 10.3. The summed E-state index contributed by atoms with van der Waals surface area (Å²) in [5.41, 5.74) is 4.88. The van der Waals surface area contributed by atoms with E-state index < -0.39 is 0 Å². The van der Waals surface area contributed by atoms with Crippen molar-refractivity contribution in [2.24, 2.45) is 0 Å². The third kappa shape index (κ3) is 3.84. The van der Waals surface area contributed by atoms with Gasteiger partial charge in [-0.1, -0.05) is 19.1 Å². The first-order valence-corrected chi connectivity index (χ1v) is 10.3. The lowest BCUT2D eigenvalue weighted by atomic mass is 10.1. The second kappa shape index (κ2) is 8.50. The largest absolute Gasteiger partial charge is 0.333 e. The molecule has 1 aromatic heterocycles. The van der Waals surface area contributed by atoms with Gasteiger partial charge in [-0.2, -0.15) is 10.4 Å². The van der Waals surface area contributed by atoms with Gasteiger partial charge in [0.05, 0.1) is 17.3 Å². The fourth-order valence-electron chi connectivity index (χ4n) is 3.98. The standard InChI is InChI=1S/C24H23FN4O/c1-2-14-28(16-18-8-6-17(15-26)7-9-18)24(30)23-21-4-3-5-22(21)29(27-23)20-12-10-19(25)11-13-20/h6-13H,2-5,14,16H2,1H3.